The van der Waals surface area contributed by atoms with Crippen LogP contribution < -0.4 is 5.73 Å². The summed E-state index contributed by atoms with van der Waals surface area (Å²) in [6.07, 6.45) is 12.3. The highest BCUT2D eigenvalue weighted by Gasteiger charge is 2.18. The van der Waals surface area contributed by atoms with Crippen LogP contribution in [0.3, 0.4) is 0 Å². The number of hydrogen-bond acceptors (Lipinski definition) is 4. The maximum Gasteiger partial charge on any atom is 0.0886 e. The molecule has 0 unspecified atom stereocenters. The summed E-state index contributed by atoms with van der Waals surface area (Å²) in [4.78, 5) is 13.8. The minimum Gasteiger partial charge on any atom is -0.404 e. The summed E-state index contributed by atoms with van der Waals surface area (Å²) >= 11 is 0. The first kappa shape index (κ1) is 27.0. The lowest BCUT2D eigenvalue weighted by atomic mass is 9.85. The van der Waals surface area contributed by atoms with E-state index in [1.165, 1.54) is 5.56 Å². The molecule has 0 aliphatic heterocycles. The average Bonchev–Trinajstić information content (AvgIpc) is 3.10. The number of allylic oxidation sites excluding steroid dienone is 3. The second-order valence-electron chi connectivity index (χ2n) is 10.6. The summed E-state index contributed by atoms with van der Waals surface area (Å²) in [5, 5.41) is 4.55. The van der Waals surface area contributed by atoms with Crippen LogP contribution in [0.1, 0.15) is 11.3 Å². The van der Waals surface area contributed by atoms with Crippen LogP contribution in [0.5, 0.6) is 0 Å². The molecule has 7 rings (SSSR count). The standard InChI is InChI=1S/C40H30N4/c41-26-30(13-10-15-32-14-6-8-23-42-32)39-33-16-4-5-17-34(33)40(31-20-22-38(44-27-31)37-18-7-9-24-43-37)35-21-19-29(25-36(35)39)28-11-2-1-3-12-28/h1-14,16-27H,15,41H2/b13-10-,30-26+. The molecular formula is C40H30N4. The fourth-order valence-corrected chi connectivity index (χ4v) is 5.87. The van der Waals surface area contributed by atoms with E-state index in [4.69, 9.17) is 10.7 Å². The zero-order chi connectivity index (χ0) is 29.7. The van der Waals surface area contributed by atoms with Gasteiger partial charge in [-0.15, -0.1) is 0 Å². The van der Waals surface area contributed by atoms with Gasteiger partial charge in [-0.05, 0) is 85.8 Å². The molecule has 0 saturated carbocycles. The van der Waals surface area contributed by atoms with Gasteiger partial charge in [0.1, 0.15) is 0 Å². The van der Waals surface area contributed by atoms with E-state index in [9.17, 15) is 0 Å². The zero-order valence-corrected chi connectivity index (χ0v) is 24.1. The topological polar surface area (TPSA) is 64.7 Å². The van der Waals surface area contributed by atoms with E-state index in [0.29, 0.717) is 0 Å². The summed E-state index contributed by atoms with van der Waals surface area (Å²) in [7, 11) is 0. The molecule has 0 atom stereocenters. The molecule has 4 aromatic carbocycles. The van der Waals surface area contributed by atoms with Gasteiger partial charge in [0.2, 0.25) is 0 Å². The molecule has 2 N–H and O–H groups in total. The highest BCUT2D eigenvalue weighted by Crippen LogP contribution is 2.43. The molecule has 0 spiro atoms. The van der Waals surface area contributed by atoms with Crippen LogP contribution >= 0.6 is 0 Å². The van der Waals surface area contributed by atoms with Crippen molar-refractivity contribution in [3.8, 4) is 33.6 Å². The minimum atomic E-state index is 0.718. The van der Waals surface area contributed by atoms with E-state index >= 15 is 0 Å². The number of nitrogens with zero attached hydrogens (tertiary/aromatic N) is 3. The van der Waals surface area contributed by atoms with Crippen molar-refractivity contribution in [2.75, 3.05) is 0 Å². The summed E-state index contributed by atoms with van der Waals surface area (Å²) in [5.41, 5.74) is 15.7. The van der Waals surface area contributed by atoms with Gasteiger partial charge in [-0.3, -0.25) is 15.0 Å². The molecule has 7 aromatic rings. The molecular weight excluding hydrogens is 536 g/mol. The lowest BCUT2D eigenvalue weighted by molar-refractivity contribution is 1.11. The number of fused-ring (bicyclic) bond motifs is 2. The predicted molar refractivity (Wildman–Crippen MR) is 183 cm³/mol. The van der Waals surface area contributed by atoms with Crippen molar-refractivity contribution in [2.45, 2.75) is 6.42 Å². The fourth-order valence-electron chi connectivity index (χ4n) is 5.87. The van der Waals surface area contributed by atoms with Crippen molar-refractivity contribution in [1.82, 2.24) is 15.0 Å². The van der Waals surface area contributed by atoms with E-state index in [2.05, 4.69) is 101 Å². The fraction of sp³-hybridized carbons (Fsp3) is 0.0250. The summed E-state index contributed by atoms with van der Waals surface area (Å²) in [6, 6.07) is 41.9. The molecule has 210 valence electrons. The molecule has 0 fully saturated rings. The van der Waals surface area contributed by atoms with Crippen molar-refractivity contribution < 1.29 is 0 Å². The Morgan fingerprint density at radius 1 is 0.568 bits per heavy atom. The number of pyridine rings is 3. The third-order valence-electron chi connectivity index (χ3n) is 7.93. The number of rotatable bonds is 7. The molecule has 4 heteroatoms. The lowest BCUT2D eigenvalue weighted by Gasteiger charge is -2.19. The normalized spacial score (nSPS) is 11.9. The van der Waals surface area contributed by atoms with E-state index in [0.717, 1.165) is 72.9 Å². The maximum absolute atomic E-state index is 6.39. The van der Waals surface area contributed by atoms with Gasteiger partial charge < -0.3 is 5.73 Å². The Morgan fingerprint density at radius 2 is 1.27 bits per heavy atom. The van der Waals surface area contributed by atoms with Gasteiger partial charge in [0.05, 0.1) is 11.4 Å². The highest BCUT2D eigenvalue weighted by molar-refractivity contribution is 6.20. The Bertz CT molecular complexity index is 2120. The number of nitrogens with two attached hydrogens (primary N) is 1. The molecule has 0 bridgehead atoms. The molecule has 0 aliphatic carbocycles. The van der Waals surface area contributed by atoms with Gasteiger partial charge in [0, 0.05) is 42.5 Å². The van der Waals surface area contributed by atoms with Gasteiger partial charge in [-0.25, -0.2) is 0 Å². The highest BCUT2D eigenvalue weighted by atomic mass is 14.8. The van der Waals surface area contributed by atoms with Crippen molar-refractivity contribution in [1.29, 1.82) is 0 Å². The van der Waals surface area contributed by atoms with Crippen LogP contribution in [-0.4, -0.2) is 15.0 Å². The summed E-state index contributed by atoms with van der Waals surface area (Å²) in [5.74, 6) is 0. The average molecular weight is 567 g/mol. The monoisotopic (exact) mass is 566 g/mol. The van der Waals surface area contributed by atoms with E-state index in [1.807, 2.05) is 54.9 Å². The van der Waals surface area contributed by atoms with Gasteiger partial charge in [-0.1, -0.05) is 97.1 Å². The number of aromatic nitrogens is 3. The van der Waals surface area contributed by atoms with Crippen molar-refractivity contribution in [2.24, 2.45) is 5.73 Å². The largest absolute Gasteiger partial charge is 0.404 e. The smallest absolute Gasteiger partial charge is 0.0886 e. The number of benzene rings is 4. The molecule has 3 aromatic heterocycles. The third-order valence-corrected chi connectivity index (χ3v) is 7.93. The Labute approximate surface area is 256 Å². The molecule has 44 heavy (non-hydrogen) atoms. The van der Waals surface area contributed by atoms with Crippen LogP contribution in [0, 0.1) is 0 Å². The van der Waals surface area contributed by atoms with Crippen molar-refractivity contribution >= 4 is 27.1 Å². The predicted octanol–water partition coefficient (Wildman–Crippen LogP) is 9.28. The first-order chi connectivity index (χ1) is 21.8. The third kappa shape index (κ3) is 5.25. The quantitative estimate of drug-likeness (QED) is 0.154. The van der Waals surface area contributed by atoms with Gasteiger partial charge in [0.25, 0.3) is 0 Å². The maximum atomic E-state index is 6.39. The lowest BCUT2D eigenvalue weighted by Crippen LogP contribution is -1.96. The van der Waals surface area contributed by atoms with Gasteiger partial charge in [0.15, 0.2) is 0 Å². The minimum absolute atomic E-state index is 0.718. The SMILES string of the molecule is N/C=C(\C=C/Cc1ccccn1)c1c2ccccc2c(-c2ccc(-c3ccccn3)nc2)c2ccc(-c3ccccc3)cc12. The van der Waals surface area contributed by atoms with Crippen molar-refractivity contribution in [3.63, 3.8) is 0 Å². The van der Waals surface area contributed by atoms with E-state index in [-0.39, 0.29) is 0 Å². The molecule has 0 saturated heterocycles. The summed E-state index contributed by atoms with van der Waals surface area (Å²) in [6.45, 7) is 0. The molecule has 0 aliphatic rings. The van der Waals surface area contributed by atoms with Crippen LogP contribution in [0.15, 0.2) is 158 Å². The van der Waals surface area contributed by atoms with E-state index in [1.54, 1.807) is 12.4 Å². The van der Waals surface area contributed by atoms with Crippen LogP contribution in [0.2, 0.25) is 0 Å². The second-order valence-corrected chi connectivity index (χ2v) is 10.6. The van der Waals surface area contributed by atoms with Gasteiger partial charge in [-0.2, -0.15) is 0 Å². The molecule has 4 nitrogen and oxygen atoms in total. The van der Waals surface area contributed by atoms with Gasteiger partial charge >= 0.3 is 0 Å². The first-order valence-corrected chi connectivity index (χ1v) is 14.7. The van der Waals surface area contributed by atoms with Crippen LogP contribution in [-0.2, 0) is 6.42 Å². The second kappa shape index (κ2) is 12.2. The van der Waals surface area contributed by atoms with E-state index < -0.39 is 0 Å². The molecule has 0 amide bonds. The zero-order valence-electron chi connectivity index (χ0n) is 24.1. The van der Waals surface area contributed by atoms with Crippen LogP contribution in [0.25, 0.3) is 60.8 Å². The number of hydrogen-bond donors (Lipinski definition) is 1. The Balaban J connectivity index is 1.45. The molecule has 3 heterocycles. The Morgan fingerprint density at radius 3 is 2.00 bits per heavy atom. The Hall–Kier alpha value is -5.87. The van der Waals surface area contributed by atoms with Crippen molar-refractivity contribution in [3.05, 3.63) is 170 Å². The Kier molecular flexibility index (Phi) is 7.46. The first-order valence-electron chi connectivity index (χ1n) is 14.7. The van der Waals surface area contributed by atoms with Crippen LogP contribution in [0.4, 0.5) is 0 Å². The molecule has 0 radical (unpaired) electrons. The summed E-state index contributed by atoms with van der Waals surface area (Å²) < 4.78 is 0.